The van der Waals surface area contributed by atoms with Crippen LogP contribution in [0.4, 0.5) is 17.1 Å². The molecule has 1 aliphatic carbocycles. The van der Waals surface area contributed by atoms with Crippen LogP contribution in [0.5, 0.6) is 0 Å². The molecule has 32 heavy (non-hydrogen) atoms. The third-order valence-electron chi connectivity index (χ3n) is 5.56. The zero-order valence-corrected chi connectivity index (χ0v) is 20.3. The predicted octanol–water partition coefficient (Wildman–Crippen LogP) is 7.24. The molecule has 0 fully saturated rings. The number of hydrogen-bond donors (Lipinski definition) is 2. The molecule has 2 N–H and O–H groups in total. The lowest BCUT2D eigenvalue weighted by molar-refractivity contribution is 0.727. The Hall–Kier alpha value is -2.47. The first-order valence-electron chi connectivity index (χ1n) is 10.9. The first-order chi connectivity index (χ1) is 15.5. The van der Waals surface area contributed by atoms with Gasteiger partial charge in [-0.05, 0) is 81.1 Å². The van der Waals surface area contributed by atoms with Gasteiger partial charge in [0.25, 0.3) is 0 Å². The topological polar surface area (TPSA) is 39.7 Å². The Balaban J connectivity index is 1.41. The van der Waals surface area contributed by atoms with Crippen molar-refractivity contribution in [2.45, 2.75) is 39.7 Å². The van der Waals surface area contributed by atoms with Crippen molar-refractivity contribution < 1.29 is 0 Å². The standard InChI is InChI=1S/C26H29ClN4S/c1-18-7-4-5-8-19(2)26(18)32-30-20(3)17-28-24-9-6-10-25-23(24)15-16-29-31(25)22-13-11-21(27)12-14-22/h4-7,9-14,16,20,28,30H,8,15,17H2,1-3H3. The number of allylic oxidation sites excluding steroid dienone is 5. The molecular weight excluding hydrogens is 436 g/mol. The Labute approximate surface area is 200 Å². The number of fused-ring (bicyclic) bond motifs is 1. The van der Waals surface area contributed by atoms with Gasteiger partial charge >= 0.3 is 0 Å². The predicted molar refractivity (Wildman–Crippen MR) is 141 cm³/mol. The summed E-state index contributed by atoms with van der Waals surface area (Å²) >= 11 is 7.80. The van der Waals surface area contributed by atoms with E-state index in [4.69, 9.17) is 11.6 Å². The average molecular weight is 465 g/mol. The monoisotopic (exact) mass is 464 g/mol. The molecule has 0 radical (unpaired) electrons. The maximum atomic E-state index is 6.06. The highest BCUT2D eigenvalue weighted by Gasteiger charge is 2.19. The number of hydrazone groups is 1. The number of anilines is 3. The first-order valence-corrected chi connectivity index (χ1v) is 12.1. The summed E-state index contributed by atoms with van der Waals surface area (Å²) in [4.78, 5) is 1.34. The minimum Gasteiger partial charge on any atom is -0.383 e. The summed E-state index contributed by atoms with van der Waals surface area (Å²) in [7, 11) is 0. The Bertz CT molecular complexity index is 1090. The van der Waals surface area contributed by atoms with Crippen molar-refractivity contribution in [2.75, 3.05) is 16.9 Å². The van der Waals surface area contributed by atoms with Crippen LogP contribution in [0.25, 0.3) is 0 Å². The molecule has 6 heteroatoms. The molecule has 0 spiro atoms. The van der Waals surface area contributed by atoms with Crippen LogP contribution in [0.1, 0.15) is 32.8 Å². The van der Waals surface area contributed by atoms with Gasteiger partial charge in [0.05, 0.1) is 11.4 Å². The normalized spacial score (nSPS) is 16.5. The van der Waals surface area contributed by atoms with Crippen molar-refractivity contribution in [3.05, 3.63) is 87.3 Å². The average Bonchev–Trinajstić information content (AvgIpc) is 2.96. The van der Waals surface area contributed by atoms with E-state index in [1.165, 1.54) is 21.6 Å². The number of rotatable bonds is 7. The van der Waals surface area contributed by atoms with Crippen LogP contribution in [-0.2, 0) is 6.42 Å². The molecule has 0 saturated heterocycles. The van der Waals surface area contributed by atoms with E-state index in [1.54, 1.807) is 11.9 Å². The molecule has 0 aromatic heterocycles. The maximum absolute atomic E-state index is 6.06. The first kappa shape index (κ1) is 22.7. The van der Waals surface area contributed by atoms with E-state index in [-0.39, 0.29) is 0 Å². The molecule has 0 bridgehead atoms. The van der Waals surface area contributed by atoms with E-state index < -0.39 is 0 Å². The lowest BCUT2D eigenvalue weighted by Crippen LogP contribution is -2.28. The SMILES string of the molecule is CC1=CC=CCC(C)=C1SNC(C)CNc1cccc2c1CC=NN2c1ccc(Cl)cc1. The van der Waals surface area contributed by atoms with E-state index in [2.05, 4.69) is 72.3 Å². The maximum Gasteiger partial charge on any atom is 0.0708 e. The van der Waals surface area contributed by atoms with Gasteiger partial charge in [0.1, 0.15) is 0 Å². The summed E-state index contributed by atoms with van der Waals surface area (Å²) in [5.41, 5.74) is 7.22. The number of nitrogens with zero attached hydrogens (tertiary/aromatic N) is 2. The molecule has 166 valence electrons. The highest BCUT2D eigenvalue weighted by molar-refractivity contribution is 8.01. The largest absolute Gasteiger partial charge is 0.383 e. The Morgan fingerprint density at radius 3 is 2.75 bits per heavy atom. The fraction of sp³-hybridized carbons (Fsp3) is 0.269. The highest BCUT2D eigenvalue weighted by Crippen LogP contribution is 2.36. The molecule has 1 aliphatic heterocycles. The van der Waals surface area contributed by atoms with Crippen LogP contribution in [-0.4, -0.2) is 18.8 Å². The van der Waals surface area contributed by atoms with Crippen LogP contribution < -0.4 is 15.0 Å². The van der Waals surface area contributed by atoms with Crippen molar-refractivity contribution in [3.63, 3.8) is 0 Å². The van der Waals surface area contributed by atoms with Crippen LogP contribution in [0.3, 0.4) is 0 Å². The summed E-state index contributed by atoms with van der Waals surface area (Å²) in [5.74, 6) is 0. The molecular formula is C26H29ClN4S. The minimum atomic E-state index is 0.296. The molecule has 1 heterocycles. The Morgan fingerprint density at radius 2 is 1.94 bits per heavy atom. The van der Waals surface area contributed by atoms with Crippen molar-refractivity contribution in [1.82, 2.24) is 4.72 Å². The molecule has 2 aromatic rings. The zero-order valence-electron chi connectivity index (χ0n) is 18.7. The quantitative estimate of drug-likeness (QED) is 0.423. The summed E-state index contributed by atoms with van der Waals surface area (Å²) < 4.78 is 3.61. The molecule has 0 amide bonds. The second-order valence-electron chi connectivity index (χ2n) is 8.19. The van der Waals surface area contributed by atoms with E-state index in [0.717, 1.165) is 41.5 Å². The second kappa shape index (κ2) is 10.4. The number of nitrogens with one attached hydrogen (secondary N) is 2. The number of hydrogen-bond acceptors (Lipinski definition) is 5. The van der Waals surface area contributed by atoms with Gasteiger partial charge in [-0.1, -0.05) is 41.5 Å². The van der Waals surface area contributed by atoms with Gasteiger partial charge < -0.3 is 5.32 Å². The lowest BCUT2D eigenvalue weighted by Gasteiger charge is -2.27. The van der Waals surface area contributed by atoms with Gasteiger partial charge in [-0.25, -0.2) is 5.01 Å². The van der Waals surface area contributed by atoms with E-state index in [9.17, 15) is 0 Å². The summed E-state index contributed by atoms with van der Waals surface area (Å²) in [6.07, 6.45) is 10.3. The van der Waals surface area contributed by atoms with Crippen LogP contribution in [0, 0.1) is 0 Å². The van der Waals surface area contributed by atoms with E-state index in [0.29, 0.717) is 6.04 Å². The number of benzene rings is 2. The van der Waals surface area contributed by atoms with Gasteiger partial charge in [0.2, 0.25) is 0 Å². The van der Waals surface area contributed by atoms with Gasteiger partial charge in [0, 0.05) is 46.4 Å². The summed E-state index contributed by atoms with van der Waals surface area (Å²) in [6.45, 7) is 7.43. The third-order valence-corrected chi connectivity index (χ3v) is 7.20. The molecule has 4 nitrogen and oxygen atoms in total. The molecule has 1 atom stereocenters. The third kappa shape index (κ3) is 5.29. The van der Waals surface area contributed by atoms with Crippen molar-refractivity contribution in [3.8, 4) is 0 Å². The Morgan fingerprint density at radius 1 is 1.12 bits per heavy atom. The molecule has 0 saturated carbocycles. The number of halogens is 1. The van der Waals surface area contributed by atoms with E-state index >= 15 is 0 Å². The van der Waals surface area contributed by atoms with Gasteiger partial charge in [-0.2, -0.15) is 5.10 Å². The van der Waals surface area contributed by atoms with Crippen LogP contribution in [0.15, 0.2) is 81.8 Å². The lowest BCUT2D eigenvalue weighted by atomic mass is 10.0. The molecule has 2 aliphatic rings. The fourth-order valence-electron chi connectivity index (χ4n) is 3.81. The van der Waals surface area contributed by atoms with Gasteiger partial charge in [-0.3, -0.25) is 4.72 Å². The Kier molecular flexibility index (Phi) is 7.40. The van der Waals surface area contributed by atoms with Gasteiger partial charge in [0.15, 0.2) is 0 Å². The minimum absolute atomic E-state index is 0.296. The fourth-order valence-corrected chi connectivity index (χ4v) is 4.83. The van der Waals surface area contributed by atoms with Gasteiger partial charge in [-0.15, -0.1) is 0 Å². The van der Waals surface area contributed by atoms with E-state index in [1.807, 2.05) is 35.5 Å². The highest BCUT2D eigenvalue weighted by atomic mass is 35.5. The van der Waals surface area contributed by atoms with Crippen molar-refractivity contribution in [1.29, 1.82) is 0 Å². The van der Waals surface area contributed by atoms with Crippen LogP contribution in [0.2, 0.25) is 5.02 Å². The summed E-state index contributed by atoms with van der Waals surface area (Å²) in [6, 6.07) is 14.4. The molecule has 1 unspecified atom stereocenters. The zero-order chi connectivity index (χ0) is 22.5. The van der Waals surface area contributed by atoms with Crippen molar-refractivity contribution in [2.24, 2.45) is 5.10 Å². The summed E-state index contributed by atoms with van der Waals surface area (Å²) in [5, 5.41) is 11.0. The van der Waals surface area contributed by atoms with Crippen LogP contribution >= 0.6 is 23.5 Å². The smallest absolute Gasteiger partial charge is 0.0708 e. The molecule has 2 aromatic carbocycles. The molecule has 4 rings (SSSR count). The van der Waals surface area contributed by atoms with Crippen molar-refractivity contribution >= 4 is 46.8 Å². The second-order valence-corrected chi connectivity index (χ2v) is 9.47.